The summed E-state index contributed by atoms with van der Waals surface area (Å²) in [5.41, 5.74) is 6.82. The van der Waals surface area contributed by atoms with Crippen LogP contribution in [0.3, 0.4) is 0 Å². The first-order valence-corrected chi connectivity index (χ1v) is 22.1. The maximum atomic E-state index is 9.26. The molecule has 1 aliphatic rings. The van der Waals surface area contributed by atoms with Crippen LogP contribution in [0.5, 0.6) is 5.75 Å². The van der Waals surface area contributed by atoms with E-state index in [1.807, 2.05) is 120 Å². The number of hydrogen-bond acceptors (Lipinski definition) is 4. The van der Waals surface area contributed by atoms with Gasteiger partial charge in [-0.2, -0.15) is 0 Å². The van der Waals surface area contributed by atoms with Crippen molar-refractivity contribution < 1.29 is 28.0 Å². The lowest BCUT2D eigenvalue weighted by Crippen LogP contribution is -2.29. The molecule has 0 N–H and O–H groups in total. The molecular weight excluding hydrogens is 805 g/mol. The van der Waals surface area contributed by atoms with E-state index < -0.39 is 68.6 Å². The second-order valence-electron chi connectivity index (χ2n) is 17.7. The lowest BCUT2D eigenvalue weighted by molar-refractivity contribution is 0.306. The zero-order valence-corrected chi connectivity index (χ0v) is 37.1. The molecule has 0 unspecified atom stereocenters. The number of fused-ring (bicyclic) bond motifs is 4. The molecule has 3 heterocycles. The van der Waals surface area contributed by atoms with Gasteiger partial charge in [0.15, 0.2) is 0 Å². The van der Waals surface area contributed by atoms with E-state index >= 15 is 0 Å². The van der Waals surface area contributed by atoms with Gasteiger partial charge < -0.3 is 14.5 Å². The highest BCUT2D eigenvalue weighted by molar-refractivity contribution is 6.09. The number of anilines is 3. The molecule has 7 aromatic carbocycles. The molecule has 0 radical (unpaired) electrons. The van der Waals surface area contributed by atoms with E-state index in [-0.39, 0.29) is 47.1 Å². The third kappa shape index (κ3) is 8.58. The Bertz CT molecular complexity index is 3930. The van der Waals surface area contributed by atoms with E-state index in [2.05, 4.69) is 30.6 Å². The van der Waals surface area contributed by atoms with Gasteiger partial charge in [-0.25, -0.2) is 4.98 Å². The van der Waals surface area contributed by atoms with Crippen molar-refractivity contribution in [3.8, 4) is 33.8 Å². The minimum Gasteiger partial charge on any atom is -0.489 e. The Balaban J connectivity index is 0.929. The van der Waals surface area contributed by atoms with Crippen LogP contribution in [0.2, 0.25) is 0 Å². The molecule has 0 fully saturated rings. The third-order valence-corrected chi connectivity index (χ3v) is 12.3. The van der Waals surface area contributed by atoms with Crippen LogP contribution in [-0.2, 0) is 24.8 Å². The second kappa shape index (κ2) is 18.0. The molecule has 0 atom stereocenters. The van der Waals surface area contributed by atoms with Gasteiger partial charge >= 0.3 is 0 Å². The number of nitrogens with zero attached hydrogens (tertiary/aromatic N) is 4. The molecule has 330 valence electrons. The zero-order valence-electron chi connectivity index (χ0n) is 54.1. The molecule has 10 rings (SSSR count). The summed E-state index contributed by atoms with van der Waals surface area (Å²) in [6.45, 7) is -2.54. The van der Waals surface area contributed by atoms with E-state index in [1.165, 1.54) is 18.2 Å². The summed E-state index contributed by atoms with van der Waals surface area (Å²) >= 11 is 0. The molecule has 0 bridgehead atoms. The average molecular weight is 882 g/mol. The zero-order chi connectivity index (χ0) is 59.9. The van der Waals surface area contributed by atoms with Gasteiger partial charge in [0.1, 0.15) is 18.2 Å². The molecule has 0 saturated heterocycles. The smallest absolute Gasteiger partial charge is 0.137 e. The van der Waals surface area contributed by atoms with Crippen molar-refractivity contribution in [2.45, 2.75) is 72.6 Å². The highest BCUT2D eigenvalue weighted by atomic mass is 16.5. The van der Waals surface area contributed by atoms with Crippen LogP contribution >= 0.6 is 0 Å². The molecule has 9 aromatic rings. The molecule has 0 saturated carbocycles. The van der Waals surface area contributed by atoms with Gasteiger partial charge in [0.25, 0.3) is 0 Å². The van der Waals surface area contributed by atoms with Crippen LogP contribution in [0.1, 0.15) is 92.0 Å². The Morgan fingerprint density at radius 3 is 2.41 bits per heavy atom. The maximum absolute atomic E-state index is 9.26. The van der Waals surface area contributed by atoms with Crippen LogP contribution in [-0.4, -0.2) is 22.8 Å². The molecule has 0 aliphatic carbocycles. The highest BCUT2D eigenvalue weighted by Crippen LogP contribution is 2.42. The number of rotatable bonds is 13. The quantitative estimate of drug-likeness (QED) is 0.116. The number of hydrogen-bond donors (Lipinski definition) is 0. The minimum atomic E-state index is -3.68. The average Bonchev–Trinajstić information content (AvgIpc) is 1.84. The van der Waals surface area contributed by atoms with Crippen LogP contribution < -0.4 is 14.5 Å². The van der Waals surface area contributed by atoms with Crippen LogP contribution in [0.15, 0.2) is 176 Å². The number of pyridine rings is 1. The Morgan fingerprint density at radius 1 is 0.758 bits per heavy atom. The highest BCUT2D eigenvalue weighted by Gasteiger charge is 2.27. The van der Waals surface area contributed by atoms with Gasteiger partial charge in [-0.1, -0.05) is 150 Å². The standard InChI is InChI=1S/C61H60N4O/c1-42(2)34-46-22-16-26-51(45-19-8-7-9-20-45)52(46)27-17-33-63-41-64(58-30-13-12-29-57(58)63)49-24-14-18-44(36-49)40-66-50-31-32-54-53-25-10-11-28-56(53)65(59(54)38-50)60-35-43(3)55(39-62-60)47-21-15-23-48(37-47)61(4,5)6/h7-16,18-26,28-32,35-39,42H,17,27,33-34,40-41H2,1-6H3/i1D3,2D3,3D3,7D,8D,9D,19D,20D,34D2,42D. The summed E-state index contributed by atoms with van der Waals surface area (Å²) in [5, 5.41) is 1.90. The van der Waals surface area contributed by atoms with Gasteiger partial charge in [-0.3, -0.25) is 4.57 Å². The summed E-state index contributed by atoms with van der Waals surface area (Å²) in [6, 6.07) is 39.9. The maximum Gasteiger partial charge on any atom is 0.137 e. The van der Waals surface area contributed by atoms with Gasteiger partial charge in [-0.15, -0.1) is 0 Å². The molecule has 0 amide bonds. The lowest BCUT2D eigenvalue weighted by atomic mass is 9.85. The van der Waals surface area contributed by atoms with E-state index in [0.29, 0.717) is 30.3 Å². The first kappa shape index (κ1) is 27.4. The monoisotopic (exact) mass is 882 g/mol. The van der Waals surface area contributed by atoms with Crippen molar-refractivity contribution in [2.24, 2.45) is 5.89 Å². The number of benzene rings is 7. The van der Waals surface area contributed by atoms with Gasteiger partial charge in [0, 0.05) is 57.3 Å². The molecule has 66 heavy (non-hydrogen) atoms. The predicted molar refractivity (Wildman–Crippen MR) is 278 cm³/mol. The Labute approximate surface area is 414 Å². The molecular formula is C61H60N4O. The van der Waals surface area contributed by atoms with Gasteiger partial charge in [0.2, 0.25) is 0 Å². The predicted octanol–water partition coefficient (Wildman–Crippen LogP) is 15.4. The fourth-order valence-corrected chi connectivity index (χ4v) is 9.09. The topological polar surface area (TPSA) is 33.5 Å². The first-order valence-electron chi connectivity index (χ1n) is 30.6. The first-order chi connectivity index (χ1) is 38.9. The molecule has 1 aliphatic heterocycles. The van der Waals surface area contributed by atoms with Crippen molar-refractivity contribution in [1.29, 1.82) is 0 Å². The van der Waals surface area contributed by atoms with Gasteiger partial charge in [-0.05, 0) is 130 Å². The fraction of sp³-hybridized carbons (Fsp3) is 0.230. The number of aromatic nitrogens is 2. The summed E-state index contributed by atoms with van der Waals surface area (Å²) in [6.07, 6.45) is -1.56. The van der Waals surface area contributed by atoms with E-state index in [0.717, 1.165) is 55.6 Å². The SMILES string of the molecule is [2H]c1c([2H])c([2H])c(-c2cccc(C([2H])([2H])C([2H])(C([2H])([2H])[2H])C([2H])([2H])[2H])c2CCCN2CN(c3cccc(COc4ccc5c6ccccc6n(-c6cc(C([2H])([2H])[2H])c(-c7cccc(C(C)(C)C)c7)cn6)c5c4)c3)c3ccccc32)c([2H])c1[2H]. The summed E-state index contributed by atoms with van der Waals surface area (Å²) < 4.78 is 154. The molecule has 0 spiro atoms. The summed E-state index contributed by atoms with van der Waals surface area (Å²) in [7, 11) is 0. The van der Waals surface area contributed by atoms with Crippen LogP contribution in [0.25, 0.3) is 49.9 Å². The Hall–Kier alpha value is -7.11. The number of aryl methyl sites for hydroxylation is 1. The fourth-order valence-electron chi connectivity index (χ4n) is 9.09. The van der Waals surface area contributed by atoms with Gasteiger partial charge in [0.05, 0.1) is 35.9 Å². The minimum absolute atomic E-state index is 0.00298. The molecule has 5 nitrogen and oxygen atoms in total. The van der Waals surface area contributed by atoms with Crippen LogP contribution in [0, 0.1) is 12.7 Å². The normalized spacial score (nSPS) is 17.4. The largest absolute Gasteiger partial charge is 0.489 e. The van der Waals surface area contributed by atoms with Crippen molar-refractivity contribution in [3.63, 3.8) is 0 Å². The van der Waals surface area contributed by atoms with E-state index in [1.54, 1.807) is 12.3 Å². The van der Waals surface area contributed by atoms with E-state index in [4.69, 9.17) is 30.3 Å². The lowest BCUT2D eigenvalue weighted by Gasteiger charge is -2.23. The summed E-state index contributed by atoms with van der Waals surface area (Å²) in [4.78, 5) is 9.16. The molecule has 2 aromatic heterocycles. The van der Waals surface area contributed by atoms with Crippen molar-refractivity contribution >= 4 is 38.9 Å². The van der Waals surface area contributed by atoms with Crippen molar-refractivity contribution in [3.05, 3.63) is 204 Å². The summed E-state index contributed by atoms with van der Waals surface area (Å²) in [5.74, 6) is -2.65. The van der Waals surface area contributed by atoms with Crippen molar-refractivity contribution in [2.75, 3.05) is 23.0 Å². The second-order valence-corrected chi connectivity index (χ2v) is 17.7. The van der Waals surface area contributed by atoms with Crippen molar-refractivity contribution in [1.82, 2.24) is 9.55 Å². The third-order valence-electron chi connectivity index (χ3n) is 12.3. The number of ether oxygens (including phenoxy) is 1. The molecule has 5 heteroatoms. The Kier molecular flexibility index (Phi) is 7.49. The van der Waals surface area contributed by atoms with Crippen LogP contribution in [0.4, 0.5) is 17.1 Å². The number of para-hydroxylation sites is 3. The van der Waals surface area contributed by atoms with E-state index in [9.17, 15) is 2.74 Å². The Morgan fingerprint density at radius 2 is 1.56 bits per heavy atom.